The molecule has 4 aliphatic rings. The summed E-state index contributed by atoms with van der Waals surface area (Å²) in [4.78, 5) is 18.7. The molecule has 1 aliphatic carbocycles. The number of hydrogen-bond donors (Lipinski definition) is 2. The van der Waals surface area contributed by atoms with Gasteiger partial charge in [0.2, 0.25) is 5.88 Å². The van der Waals surface area contributed by atoms with Crippen molar-refractivity contribution in [1.29, 1.82) is 0 Å². The van der Waals surface area contributed by atoms with Crippen molar-refractivity contribution in [2.75, 3.05) is 51.5 Å². The highest BCUT2D eigenvalue weighted by atomic mass is 19.1. The van der Waals surface area contributed by atoms with E-state index in [9.17, 15) is 10.2 Å². The van der Waals surface area contributed by atoms with Gasteiger partial charge in [-0.3, -0.25) is 4.90 Å². The third-order valence-electron chi connectivity index (χ3n) is 12.1. The molecule has 5 unspecified atom stereocenters. The van der Waals surface area contributed by atoms with E-state index in [4.69, 9.17) is 35.3 Å². The SMILES string of the molecule is C#Cc1c(F)ccc2cc(O)cc(-c3nc(OC)c4c(N5CCOCC(C)(O)C5)nc(OCC56CCCC5N(C5CC(C)OC(C)C5)CCC6)nc4c3F)c12. The standard InChI is InChI=1S/C42H49F2N5O6/c1-6-29-31(43)11-10-26-19-28(50)20-30(33(26)29)36-35(44)37-34(39(45-36)52-5)38(48-15-16-53-22-41(4,51)21-48)47-40(46-37)54-23-42-12-7-9-32(42)49(14-8-13-42)27-17-24(2)55-25(3)18-27/h1,10-11,19-20,24-25,27,32,50-51H,7-9,12-18,21-23H2,2-5H3. The number of fused-ring (bicyclic) bond motifs is 3. The number of methoxy groups -OCH3 is 1. The second-order valence-corrected chi connectivity index (χ2v) is 16.2. The summed E-state index contributed by atoms with van der Waals surface area (Å²) in [6, 6.07) is 6.16. The summed E-state index contributed by atoms with van der Waals surface area (Å²) < 4.78 is 56.7. The zero-order valence-corrected chi connectivity index (χ0v) is 31.9. The molecule has 2 N–H and O–H groups in total. The van der Waals surface area contributed by atoms with Gasteiger partial charge in [0.15, 0.2) is 5.82 Å². The lowest BCUT2D eigenvalue weighted by Crippen LogP contribution is -2.57. The summed E-state index contributed by atoms with van der Waals surface area (Å²) in [5.41, 5.74) is -1.78. The highest BCUT2D eigenvalue weighted by Gasteiger charge is 2.51. The zero-order valence-electron chi connectivity index (χ0n) is 31.9. The molecule has 4 aromatic rings. The van der Waals surface area contributed by atoms with Crippen molar-refractivity contribution in [2.45, 2.75) is 95.6 Å². The minimum atomic E-state index is -1.25. The second-order valence-electron chi connectivity index (χ2n) is 16.2. The third-order valence-corrected chi connectivity index (χ3v) is 12.1. The summed E-state index contributed by atoms with van der Waals surface area (Å²) in [5, 5.41) is 22.7. The molecule has 0 bridgehead atoms. The van der Waals surface area contributed by atoms with Crippen LogP contribution in [-0.2, 0) is 9.47 Å². The average Bonchev–Trinajstić information content (AvgIpc) is 3.50. The number of likely N-dealkylation sites (tertiary alicyclic amines) is 1. The van der Waals surface area contributed by atoms with Crippen LogP contribution >= 0.6 is 0 Å². The second kappa shape index (κ2) is 14.6. The Labute approximate surface area is 320 Å². The van der Waals surface area contributed by atoms with E-state index in [0.29, 0.717) is 30.6 Å². The molecule has 0 amide bonds. The van der Waals surface area contributed by atoms with Crippen molar-refractivity contribution < 1.29 is 37.9 Å². The molecule has 3 saturated heterocycles. The molecule has 2 aromatic carbocycles. The third kappa shape index (κ3) is 6.92. The van der Waals surface area contributed by atoms with E-state index in [1.165, 1.54) is 31.4 Å². The Morgan fingerprint density at radius 3 is 2.60 bits per heavy atom. The Hall–Kier alpha value is -4.35. The van der Waals surface area contributed by atoms with Gasteiger partial charge in [-0.2, -0.15) is 9.97 Å². The molecule has 11 nitrogen and oxygen atoms in total. The van der Waals surface area contributed by atoms with Crippen molar-refractivity contribution in [3.05, 3.63) is 41.5 Å². The van der Waals surface area contributed by atoms with Gasteiger partial charge in [0, 0.05) is 35.0 Å². The molecular formula is C42H49F2N5O6. The van der Waals surface area contributed by atoms with Crippen molar-refractivity contribution in [2.24, 2.45) is 5.41 Å². The molecule has 8 rings (SSSR count). The fraction of sp³-hybridized carbons (Fsp3) is 0.548. The minimum absolute atomic E-state index is 0.00907. The number of phenols is 1. The molecule has 13 heteroatoms. The Balaban J connectivity index is 1.25. The number of phenolic OH excluding ortho intramolecular Hbond substituents is 1. The summed E-state index contributed by atoms with van der Waals surface area (Å²) in [5.74, 6) is 0.935. The minimum Gasteiger partial charge on any atom is -0.508 e. The predicted molar refractivity (Wildman–Crippen MR) is 205 cm³/mol. The van der Waals surface area contributed by atoms with E-state index in [-0.39, 0.29) is 93.9 Å². The highest BCUT2D eigenvalue weighted by Crippen LogP contribution is 2.50. The van der Waals surface area contributed by atoms with Crippen LogP contribution < -0.4 is 14.4 Å². The van der Waals surface area contributed by atoms with Gasteiger partial charge in [0.25, 0.3) is 0 Å². The van der Waals surface area contributed by atoms with Gasteiger partial charge in [-0.1, -0.05) is 18.4 Å². The molecule has 5 atom stereocenters. The maximum atomic E-state index is 17.4. The quantitative estimate of drug-likeness (QED) is 0.205. The molecule has 1 saturated carbocycles. The number of β-amino-alcohol motifs (C(OH)–C–C–N with tert-alkyl or cyclic N) is 1. The number of piperidine rings is 1. The normalized spacial score (nSPS) is 28.9. The largest absolute Gasteiger partial charge is 0.508 e. The molecule has 0 radical (unpaired) electrons. The van der Waals surface area contributed by atoms with Crippen LogP contribution in [0.3, 0.4) is 0 Å². The van der Waals surface area contributed by atoms with Gasteiger partial charge < -0.3 is 34.1 Å². The Morgan fingerprint density at radius 2 is 1.84 bits per heavy atom. The topological polar surface area (TPSA) is 123 Å². The summed E-state index contributed by atoms with van der Waals surface area (Å²) in [6.45, 7) is 8.23. The number of aromatic nitrogens is 3. The number of anilines is 1. The van der Waals surface area contributed by atoms with Crippen LogP contribution in [0.15, 0.2) is 24.3 Å². The molecular weight excluding hydrogens is 708 g/mol. The Morgan fingerprint density at radius 1 is 1.05 bits per heavy atom. The number of ether oxygens (including phenoxy) is 4. The number of pyridine rings is 1. The van der Waals surface area contributed by atoms with Crippen LogP contribution in [0, 0.1) is 29.4 Å². The molecule has 5 heterocycles. The summed E-state index contributed by atoms with van der Waals surface area (Å²) in [6.07, 6.45) is 13.4. The monoisotopic (exact) mass is 757 g/mol. The Kier molecular flexibility index (Phi) is 9.99. The molecule has 3 aliphatic heterocycles. The molecule has 292 valence electrons. The zero-order chi connectivity index (χ0) is 38.6. The first kappa shape index (κ1) is 37.6. The fourth-order valence-corrected chi connectivity index (χ4v) is 9.88. The number of nitrogens with zero attached hydrogens (tertiary/aromatic N) is 5. The van der Waals surface area contributed by atoms with Gasteiger partial charge in [-0.25, -0.2) is 13.8 Å². The molecule has 4 fully saturated rings. The summed E-state index contributed by atoms with van der Waals surface area (Å²) >= 11 is 0. The lowest BCUT2D eigenvalue weighted by Gasteiger charge is -2.51. The van der Waals surface area contributed by atoms with Crippen molar-refractivity contribution in [3.63, 3.8) is 0 Å². The molecule has 0 spiro atoms. The van der Waals surface area contributed by atoms with Crippen molar-refractivity contribution >= 4 is 27.5 Å². The van der Waals surface area contributed by atoms with Crippen LogP contribution in [0.4, 0.5) is 14.6 Å². The van der Waals surface area contributed by atoms with E-state index in [0.717, 1.165) is 51.5 Å². The van der Waals surface area contributed by atoms with E-state index in [1.54, 1.807) is 6.92 Å². The Bertz CT molecular complexity index is 2150. The maximum Gasteiger partial charge on any atom is 0.319 e. The number of aromatic hydroxyl groups is 1. The number of aliphatic hydroxyl groups is 1. The van der Waals surface area contributed by atoms with Crippen molar-refractivity contribution in [1.82, 2.24) is 19.9 Å². The van der Waals surface area contributed by atoms with Gasteiger partial charge >= 0.3 is 6.01 Å². The van der Waals surface area contributed by atoms with Crippen LogP contribution in [0.1, 0.15) is 71.3 Å². The van der Waals surface area contributed by atoms with Gasteiger partial charge in [0.05, 0.1) is 51.2 Å². The van der Waals surface area contributed by atoms with Crippen LogP contribution in [0.5, 0.6) is 17.6 Å². The average molecular weight is 758 g/mol. The van der Waals surface area contributed by atoms with Crippen LogP contribution in [0.25, 0.3) is 32.9 Å². The molecule has 55 heavy (non-hydrogen) atoms. The summed E-state index contributed by atoms with van der Waals surface area (Å²) in [7, 11) is 1.40. The van der Waals surface area contributed by atoms with Gasteiger partial charge in [-0.05, 0) is 89.4 Å². The van der Waals surface area contributed by atoms with Crippen molar-refractivity contribution in [3.8, 4) is 41.2 Å². The number of benzene rings is 2. The molecule has 2 aromatic heterocycles. The fourth-order valence-electron chi connectivity index (χ4n) is 9.88. The van der Waals surface area contributed by atoms with Crippen LogP contribution in [0.2, 0.25) is 0 Å². The van der Waals surface area contributed by atoms with Gasteiger partial charge in [-0.15, -0.1) is 6.42 Å². The smallest absolute Gasteiger partial charge is 0.319 e. The lowest BCUT2D eigenvalue weighted by atomic mass is 9.74. The first-order valence-electron chi connectivity index (χ1n) is 19.4. The van der Waals surface area contributed by atoms with E-state index >= 15 is 8.78 Å². The number of halogens is 2. The van der Waals surface area contributed by atoms with Crippen LogP contribution in [-0.4, -0.2) is 107 Å². The first-order chi connectivity index (χ1) is 26.4. The number of terminal acetylenes is 1. The predicted octanol–water partition coefficient (Wildman–Crippen LogP) is 6.38. The number of rotatable bonds is 7. The van der Waals surface area contributed by atoms with E-state index in [1.807, 2.05) is 4.90 Å². The highest BCUT2D eigenvalue weighted by molar-refractivity contribution is 6.04. The maximum absolute atomic E-state index is 17.4. The first-order valence-corrected chi connectivity index (χ1v) is 19.4. The number of hydrogen-bond acceptors (Lipinski definition) is 11. The van der Waals surface area contributed by atoms with Gasteiger partial charge in [0.1, 0.15) is 39.6 Å². The lowest BCUT2D eigenvalue weighted by molar-refractivity contribution is -0.0967. The van der Waals surface area contributed by atoms with E-state index < -0.39 is 17.2 Å². The van der Waals surface area contributed by atoms with E-state index in [2.05, 4.69) is 29.7 Å².